The van der Waals surface area contributed by atoms with Crippen molar-refractivity contribution < 1.29 is 0 Å². The predicted octanol–water partition coefficient (Wildman–Crippen LogP) is 7.68. The lowest BCUT2D eigenvalue weighted by Crippen LogP contribution is -2.24. The molecular weight excluding hydrogens is 464 g/mol. The maximum Gasteiger partial charge on any atom is 0.0614 e. The van der Waals surface area contributed by atoms with Crippen LogP contribution in [0.1, 0.15) is 47.9 Å². The lowest BCUT2D eigenvalue weighted by molar-refractivity contribution is 0.266. The van der Waals surface area contributed by atoms with Gasteiger partial charge in [-0.15, -0.1) is 0 Å². The zero-order valence-electron chi connectivity index (χ0n) is 22.0. The summed E-state index contributed by atoms with van der Waals surface area (Å²) in [6, 6.07) is 42.5. The Balaban J connectivity index is 1.27. The molecule has 192 valence electrons. The molecule has 0 atom stereocenters. The lowest BCUT2D eigenvalue weighted by atomic mass is 9.96. The van der Waals surface area contributed by atoms with Crippen LogP contribution in [0.15, 0.2) is 132 Å². The number of hydrogen-bond donors (Lipinski definition) is 0. The van der Waals surface area contributed by atoms with Gasteiger partial charge in [-0.1, -0.05) is 121 Å². The summed E-state index contributed by atoms with van der Waals surface area (Å²) in [7, 11) is 0. The van der Waals surface area contributed by atoms with Gasteiger partial charge >= 0.3 is 0 Å². The Morgan fingerprint density at radius 2 is 0.605 bits per heavy atom. The van der Waals surface area contributed by atoms with Gasteiger partial charge in [-0.3, -0.25) is 10.0 Å². The molecule has 1 aliphatic rings. The van der Waals surface area contributed by atoms with Crippen LogP contribution in [0.5, 0.6) is 0 Å². The first-order valence-corrected chi connectivity index (χ1v) is 13.6. The molecule has 0 amide bonds. The zero-order chi connectivity index (χ0) is 25.8. The summed E-state index contributed by atoms with van der Waals surface area (Å²) in [6.07, 6.45) is 3.85. The van der Waals surface area contributed by atoms with Crippen molar-refractivity contribution >= 4 is 11.4 Å². The number of rotatable bonds is 10. The van der Waals surface area contributed by atoms with Crippen molar-refractivity contribution in [3.8, 4) is 0 Å². The van der Waals surface area contributed by atoms with Crippen LogP contribution in [0.2, 0.25) is 0 Å². The fourth-order valence-electron chi connectivity index (χ4n) is 4.86. The van der Waals surface area contributed by atoms with Crippen LogP contribution in [-0.4, -0.2) is 21.4 Å². The Morgan fingerprint density at radius 3 is 0.842 bits per heavy atom. The number of benzene rings is 4. The first kappa shape index (κ1) is 25.5. The lowest BCUT2D eigenvalue weighted by Gasteiger charge is -2.25. The summed E-state index contributed by atoms with van der Waals surface area (Å²) in [4.78, 5) is 0. The zero-order valence-corrected chi connectivity index (χ0v) is 22.0. The molecule has 0 N–H and O–H groups in total. The molecule has 0 aromatic heterocycles. The van der Waals surface area contributed by atoms with Crippen LogP contribution in [0.25, 0.3) is 0 Å². The molecule has 1 saturated carbocycles. The molecule has 0 spiro atoms. The van der Waals surface area contributed by atoms with Crippen molar-refractivity contribution in [2.24, 2.45) is 10.2 Å². The number of hydrogen-bond acceptors (Lipinski definition) is 4. The molecule has 0 radical (unpaired) electrons. The van der Waals surface area contributed by atoms with Gasteiger partial charge in [0, 0.05) is 11.4 Å². The van der Waals surface area contributed by atoms with E-state index >= 15 is 0 Å². The molecule has 1 fully saturated rings. The van der Waals surface area contributed by atoms with E-state index in [0.717, 1.165) is 51.9 Å². The normalized spacial score (nSPS) is 13.2. The van der Waals surface area contributed by atoms with E-state index in [0.29, 0.717) is 0 Å². The Kier molecular flexibility index (Phi) is 8.97. The van der Waals surface area contributed by atoms with E-state index in [1.165, 1.54) is 33.7 Å². The Morgan fingerprint density at radius 1 is 0.368 bits per heavy atom. The molecule has 5 rings (SSSR count). The third-order valence-corrected chi connectivity index (χ3v) is 6.80. The Hall–Kier alpha value is -4.18. The van der Waals surface area contributed by atoms with Crippen molar-refractivity contribution in [1.29, 1.82) is 0 Å². The largest absolute Gasteiger partial charge is 0.288 e. The van der Waals surface area contributed by atoms with Crippen LogP contribution in [0, 0.1) is 0 Å². The standard InChI is InChI=1S/C34H36N4/c1-5-13-29(14-6-1)25-37(26-30-15-7-2-8-16-30)35-33-21-23-34(24-22-33)36-38(27-31-17-9-3-10-18-31)28-32-19-11-4-12-20-32/h1-20H,21-28H2. The minimum atomic E-state index is 0.808. The van der Waals surface area contributed by atoms with Gasteiger partial charge in [0.1, 0.15) is 0 Å². The molecule has 0 unspecified atom stereocenters. The van der Waals surface area contributed by atoms with Gasteiger partial charge in [-0.2, -0.15) is 10.2 Å². The van der Waals surface area contributed by atoms with Crippen LogP contribution in [0.3, 0.4) is 0 Å². The van der Waals surface area contributed by atoms with E-state index in [1.54, 1.807) is 0 Å². The molecule has 0 saturated heterocycles. The second kappa shape index (κ2) is 13.4. The van der Waals surface area contributed by atoms with Crippen LogP contribution >= 0.6 is 0 Å². The third-order valence-electron chi connectivity index (χ3n) is 6.80. The Labute approximate surface area is 226 Å². The van der Waals surface area contributed by atoms with Gasteiger partial charge in [-0.25, -0.2) is 0 Å². The smallest absolute Gasteiger partial charge is 0.0614 e. The van der Waals surface area contributed by atoms with Crippen LogP contribution in [0.4, 0.5) is 0 Å². The second-order valence-corrected chi connectivity index (χ2v) is 9.92. The summed E-state index contributed by atoms with van der Waals surface area (Å²) >= 11 is 0. The molecule has 4 heteroatoms. The van der Waals surface area contributed by atoms with Crippen molar-refractivity contribution in [1.82, 2.24) is 10.0 Å². The molecule has 4 nitrogen and oxygen atoms in total. The summed E-state index contributed by atoms with van der Waals surface area (Å²) in [5, 5.41) is 14.8. The maximum atomic E-state index is 5.16. The minimum absolute atomic E-state index is 0.808. The average Bonchev–Trinajstić information content (AvgIpc) is 2.96. The SMILES string of the molecule is c1ccc(CN(Cc2ccccc2)N=C2CCC(=NN(Cc3ccccc3)Cc3ccccc3)CC2)cc1. The summed E-state index contributed by atoms with van der Waals surface area (Å²) in [5.41, 5.74) is 7.67. The maximum absolute atomic E-state index is 5.16. The van der Waals surface area contributed by atoms with E-state index in [9.17, 15) is 0 Å². The van der Waals surface area contributed by atoms with E-state index in [4.69, 9.17) is 10.2 Å². The average molecular weight is 501 g/mol. The molecule has 1 aliphatic carbocycles. The molecule has 4 aromatic carbocycles. The summed E-state index contributed by atoms with van der Waals surface area (Å²) in [5.74, 6) is 0. The van der Waals surface area contributed by atoms with E-state index in [2.05, 4.69) is 131 Å². The fraction of sp³-hybridized carbons (Fsp3) is 0.235. The van der Waals surface area contributed by atoms with Crippen molar-refractivity contribution in [2.45, 2.75) is 51.9 Å². The second-order valence-electron chi connectivity index (χ2n) is 9.92. The van der Waals surface area contributed by atoms with E-state index < -0.39 is 0 Å². The van der Waals surface area contributed by atoms with Crippen molar-refractivity contribution in [3.63, 3.8) is 0 Å². The highest BCUT2D eigenvalue weighted by molar-refractivity contribution is 5.98. The van der Waals surface area contributed by atoms with Gasteiger partial charge in [0.05, 0.1) is 26.2 Å². The third kappa shape index (κ3) is 7.91. The van der Waals surface area contributed by atoms with Crippen LogP contribution in [-0.2, 0) is 26.2 Å². The van der Waals surface area contributed by atoms with Crippen LogP contribution < -0.4 is 0 Å². The van der Waals surface area contributed by atoms with E-state index in [-0.39, 0.29) is 0 Å². The quantitative estimate of drug-likeness (QED) is 0.209. The minimum Gasteiger partial charge on any atom is -0.288 e. The first-order valence-electron chi connectivity index (χ1n) is 13.6. The highest BCUT2D eigenvalue weighted by atomic mass is 15.5. The monoisotopic (exact) mass is 500 g/mol. The highest BCUT2D eigenvalue weighted by Gasteiger charge is 2.17. The molecule has 0 heterocycles. The summed E-state index contributed by atoms with van der Waals surface area (Å²) < 4.78 is 0. The Bertz CT molecular complexity index is 1100. The van der Waals surface area contributed by atoms with Gasteiger partial charge in [0.25, 0.3) is 0 Å². The van der Waals surface area contributed by atoms with Gasteiger partial charge in [0.2, 0.25) is 0 Å². The highest BCUT2D eigenvalue weighted by Crippen LogP contribution is 2.19. The molecule has 38 heavy (non-hydrogen) atoms. The van der Waals surface area contributed by atoms with Crippen molar-refractivity contribution in [2.75, 3.05) is 0 Å². The number of nitrogens with zero attached hydrogens (tertiary/aromatic N) is 4. The van der Waals surface area contributed by atoms with Gasteiger partial charge < -0.3 is 0 Å². The predicted molar refractivity (Wildman–Crippen MR) is 158 cm³/mol. The summed E-state index contributed by atoms with van der Waals surface area (Å²) in [6.45, 7) is 3.23. The van der Waals surface area contributed by atoms with Crippen molar-refractivity contribution in [3.05, 3.63) is 144 Å². The molecular formula is C34H36N4. The topological polar surface area (TPSA) is 31.2 Å². The van der Waals surface area contributed by atoms with Gasteiger partial charge in [-0.05, 0) is 47.9 Å². The molecule has 0 bridgehead atoms. The first-order chi connectivity index (χ1) is 18.8. The molecule has 0 aliphatic heterocycles. The number of hydrazone groups is 2. The molecule has 4 aromatic rings. The fourth-order valence-corrected chi connectivity index (χ4v) is 4.86. The van der Waals surface area contributed by atoms with Gasteiger partial charge in [0.15, 0.2) is 0 Å². The van der Waals surface area contributed by atoms with E-state index in [1.807, 2.05) is 0 Å².